The first-order valence-corrected chi connectivity index (χ1v) is 8.76. The van der Waals surface area contributed by atoms with Crippen LogP contribution < -0.4 is 5.32 Å². The second kappa shape index (κ2) is 7.25. The van der Waals surface area contributed by atoms with Gasteiger partial charge in [-0.25, -0.2) is 0 Å². The van der Waals surface area contributed by atoms with E-state index in [1.807, 2.05) is 0 Å². The average Bonchev–Trinajstić information content (AvgIpc) is 3.17. The molecule has 1 nitrogen and oxygen atoms in total. The number of benzene rings is 1. The van der Waals surface area contributed by atoms with Crippen LogP contribution in [-0.4, -0.2) is 6.54 Å². The van der Waals surface area contributed by atoms with Gasteiger partial charge in [-0.1, -0.05) is 35.7 Å². The Bertz CT molecular complexity index is 390. The summed E-state index contributed by atoms with van der Waals surface area (Å²) in [5.74, 6) is 1.01. The zero-order chi connectivity index (χ0) is 13.0. The molecule has 1 aliphatic carbocycles. The smallest absolute Gasteiger partial charge is 0.0331 e. The minimum absolute atomic E-state index is 0.523. The summed E-state index contributed by atoms with van der Waals surface area (Å²) in [4.78, 5) is 0. The molecule has 0 aromatic heterocycles. The Morgan fingerprint density at radius 1 is 1.44 bits per heavy atom. The summed E-state index contributed by atoms with van der Waals surface area (Å²) >= 11 is 6.05. The maximum Gasteiger partial charge on any atom is 0.0331 e. The van der Waals surface area contributed by atoms with Crippen LogP contribution in [-0.2, 0) is 0 Å². The number of rotatable bonds is 7. The Balaban J connectivity index is 2.06. The van der Waals surface area contributed by atoms with Crippen molar-refractivity contribution in [2.24, 2.45) is 5.92 Å². The van der Waals surface area contributed by atoms with Crippen LogP contribution in [0.15, 0.2) is 22.7 Å². The topological polar surface area (TPSA) is 12.0 Å². The van der Waals surface area contributed by atoms with Crippen molar-refractivity contribution in [3.63, 3.8) is 0 Å². The number of halogens is 2. The fraction of sp³-hybridized carbons (Fsp3) is 0.600. The summed E-state index contributed by atoms with van der Waals surface area (Å²) in [6.45, 7) is 3.34. The van der Waals surface area contributed by atoms with Crippen molar-refractivity contribution in [2.45, 2.75) is 45.1 Å². The van der Waals surface area contributed by atoms with Gasteiger partial charge in [0, 0.05) is 14.1 Å². The lowest BCUT2D eigenvalue weighted by atomic mass is 10.0. The van der Waals surface area contributed by atoms with Gasteiger partial charge in [0.15, 0.2) is 0 Å². The van der Waals surface area contributed by atoms with Gasteiger partial charge in [-0.2, -0.15) is 0 Å². The van der Waals surface area contributed by atoms with Crippen LogP contribution in [0.5, 0.6) is 0 Å². The maximum absolute atomic E-state index is 3.71. The number of hydrogen-bond donors (Lipinski definition) is 1. The molecule has 1 unspecified atom stereocenters. The van der Waals surface area contributed by atoms with Gasteiger partial charge in [0.2, 0.25) is 0 Å². The highest BCUT2D eigenvalue weighted by Gasteiger charge is 2.23. The van der Waals surface area contributed by atoms with Crippen molar-refractivity contribution in [3.05, 3.63) is 31.8 Å². The SMILES string of the molecule is CCCNC(CCC1CC1)c1cc(Br)ccc1I. The van der Waals surface area contributed by atoms with Gasteiger partial charge < -0.3 is 5.32 Å². The Morgan fingerprint density at radius 2 is 2.22 bits per heavy atom. The summed E-state index contributed by atoms with van der Waals surface area (Å²) in [7, 11) is 0. The van der Waals surface area contributed by atoms with E-state index in [0.717, 1.165) is 12.5 Å². The molecule has 1 aromatic rings. The van der Waals surface area contributed by atoms with Gasteiger partial charge in [0.1, 0.15) is 0 Å². The van der Waals surface area contributed by atoms with Crippen LogP contribution in [0, 0.1) is 9.49 Å². The minimum atomic E-state index is 0.523. The largest absolute Gasteiger partial charge is 0.310 e. The van der Waals surface area contributed by atoms with Crippen LogP contribution >= 0.6 is 38.5 Å². The molecule has 3 heteroatoms. The van der Waals surface area contributed by atoms with Crippen molar-refractivity contribution >= 4 is 38.5 Å². The molecule has 0 radical (unpaired) electrons. The molecular weight excluding hydrogens is 401 g/mol. The molecule has 1 saturated carbocycles. The second-order valence-corrected chi connectivity index (χ2v) is 7.27. The molecule has 2 rings (SSSR count). The summed E-state index contributed by atoms with van der Waals surface area (Å²) in [5.41, 5.74) is 1.46. The lowest BCUT2D eigenvalue weighted by molar-refractivity contribution is 0.468. The predicted molar refractivity (Wildman–Crippen MR) is 89.9 cm³/mol. The normalized spacial score (nSPS) is 16.8. The van der Waals surface area contributed by atoms with Crippen molar-refractivity contribution in [1.82, 2.24) is 5.32 Å². The van der Waals surface area contributed by atoms with Crippen molar-refractivity contribution in [1.29, 1.82) is 0 Å². The Morgan fingerprint density at radius 3 is 2.89 bits per heavy atom. The van der Waals surface area contributed by atoms with E-state index in [1.54, 1.807) is 0 Å². The Kier molecular flexibility index (Phi) is 5.96. The lowest BCUT2D eigenvalue weighted by Gasteiger charge is -2.20. The van der Waals surface area contributed by atoms with Crippen molar-refractivity contribution in [3.8, 4) is 0 Å². The van der Waals surface area contributed by atoms with E-state index in [2.05, 4.69) is 69.0 Å². The fourth-order valence-corrected chi connectivity index (χ4v) is 3.37. The highest BCUT2D eigenvalue weighted by Crippen LogP contribution is 2.36. The van der Waals surface area contributed by atoms with Gasteiger partial charge in [-0.3, -0.25) is 0 Å². The molecule has 0 bridgehead atoms. The molecule has 1 aromatic carbocycles. The van der Waals surface area contributed by atoms with Crippen LogP contribution in [0.3, 0.4) is 0 Å². The quantitative estimate of drug-likeness (QED) is 0.590. The van der Waals surface area contributed by atoms with Crippen molar-refractivity contribution < 1.29 is 0 Å². The molecule has 100 valence electrons. The first kappa shape index (κ1) is 14.8. The van der Waals surface area contributed by atoms with E-state index in [4.69, 9.17) is 0 Å². The van der Waals surface area contributed by atoms with Crippen LogP contribution in [0.1, 0.15) is 50.6 Å². The number of nitrogens with one attached hydrogen (secondary N) is 1. The van der Waals surface area contributed by atoms with Crippen molar-refractivity contribution in [2.75, 3.05) is 6.54 Å². The summed E-state index contributed by atoms with van der Waals surface area (Å²) in [6, 6.07) is 7.14. The average molecular weight is 422 g/mol. The van der Waals surface area contributed by atoms with E-state index >= 15 is 0 Å². The van der Waals surface area contributed by atoms with Gasteiger partial charge in [-0.15, -0.1) is 0 Å². The molecule has 0 spiro atoms. The van der Waals surface area contributed by atoms with Gasteiger partial charge in [0.25, 0.3) is 0 Å². The number of hydrogen-bond acceptors (Lipinski definition) is 1. The zero-order valence-electron chi connectivity index (χ0n) is 10.9. The molecular formula is C15H21BrIN. The van der Waals surface area contributed by atoms with E-state index in [1.165, 1.54) is 45.7 Å². The highest BCUT2D eigenvalue weighted by molar-refractivity contribution is 14.1. The predicted octanol–water partition coefficient (Wildman–Crippen LogP) is 5.28. The Labute approximate surface area is 132 Å². The molecule has 1 atom stereocenters. The first-order valence-electron chi connectivity index (χ1n) is 6.89. The summed E-state index contributed by atoms with van der Waals surface area (Å²) < 4.78 is 2.56. The summed E-state index contributed by atoms with van der Waals surface area (Å²) in [5, 5.41) is 3.71. The molecule has 0 saturated heterocycles. The molecule has 1 N–H and O–H groups in total. The molecule has 0 amide bonds. The molecule has 18 heavy (non-hydrogen) atoms. The molecule has 1 fully saturated rings. The Hall–Kier alpha value is 0.390. The third-order valence-electron chi connectivity index (χ3n) is 3.53. The molecule has 0 aliphatic heterocycles. The standard InChI is InChI=1S/C15H21BrIN/c1-2-9-18-15(8-5-11-3-4-11)13-10-12(16)6-7-14(13)17/h6-7,10-11,15,18H,2-5,8-9H2,1H3. The van der Waals surface area contributed by atoms with E-state index in [-0.39, 0.29) is 0 Å². The molecule has 0 heterocycles. The first-order chi connectivity index (χ1) is 8.70. The van der Waals surface area contributed by atoms with E-state index < -0.39 is 0 Å². The maximum atomic E-state index is 3.71. The van der Waals surface area contributed by atoms with E-state index in [0.29, 0.717) is 6.04 Å². The van der Waals surface area contributed by atoms with Gasteiger partial charge >= 0.3 is 0 Å². The van der Waals surface area contributed by atoms with E-state index in [9.17, 15) is 0 Å². The molecule has 1 aliphatic rings. The zero-order valence-corrected chi connectivity index (χ0v) is 14.6. The second-order valence-electron chi connectivity index (χ2n) is 5.19. The lowest BCUT2D eigenvalue weighted by Crippen LogP contribution is -2.23. The monoisotopic (exact) mass is 421 g/mol. The van der Waals surface area contributed by atoms with Gasteiger partial charge in [-0.05, 0) is 78.1 Å². The third kappa shape index (κ3) is 4.49. The minimum Gasteiger partial charge on any atom is -0.310 e. The fourth-order valence-electron chi connectivity index (χ4n) is 2.28. The van der Waals surface area contributed by atoms with Crippen LogP contribution in [0.25, 0.3) is 0 Å². The van der Waals surface area contributed by atoms with Gasteiger partial charge in [0.05, 0.1) is 0 Å². The highest BCUT2D eigenvalue weighted by atomic mass is 127. The third-order valence-corrected chi connectivity index (χ3v) is 5.01. The van der Waals surface area contributed by atoms with Crippen LogP contribution in [0.2, 0.25) is 0 Å². The summed E-state index contributed by atoms with van der Waals surface area (Å²) in [6.07, 6.45) is 6.76. The van der Waals surface area contributed by atoms with Crippen LogP contribution in [0.4, 0.5) is 0 Å².